The van der Waals surface area contributed by atoms with E-state index < -0.39 is 0 Å². The molecule has 0 bridgehead atoms. The molecule has 1 fully saturated rings. The molecule has 0 unspecified atom stereocenters. The Labute approximate surface area is 179 Å². The Morgan fingerprint density at radius 3 is 2.33 bits per heavy atom. The third kappa shape index (κ3) is 4.38. The molecule has 0 N–H and O–H groups in total. The lowest BCUT2D eigenvalue weighted by atomic mass is 9.89. The van der Waals surface area contributed by atoms with Crippen LogP contribution in [0, 0.1) is 6.92 Å². The quantitative estimate of drug-likeness (QED) is 0.573. The highest BCUT2D eigenvalue weighted by molar-refractivity contribution is 6.05. The number of hydrogen-bond acceptors (Lipinski definition) is 3. The molecule has 0 radical (unpaired) electrons. The molecule has 0 saturated carbocycles. The number of benzene rings is 2. The van der Waals surface area contributed by atoms with Crippen molar-refractivity contribution in [3.8, 4) is 0 Å². The van der Waals surface area contributed by atoms with E-state index in [-0.39, 0.29) is 5.91 Å². The molecule has 0 spiro atoms. The van der Waals surface area contributed by atoms with Gasteiger partial charge in [-0.2, -0.15) is 0 Å². The summed E-state index contributed by atoms with van der Waals surface area (Å²) in [5.41, 5.74) is 3.27. The molecule has 0 aliphatic carbocycles. The normalized spacial score (nSPS) is 14.5. The summed E-state index contributed by atoms with van der Waals surface area (Å²) in [5.74, 6) is 2.27. The van der Waals surface area contributed by atoms with Gasteiger partial charge in [-0.1, -0.05) is 54.1 Å². The van der Waals surface area contributed by atoms with E-state index in [0.29, 0.717) is 23.8 Å². The Kier molecular flexibility index (Phi) is 6.12. The third-order valence-electron chi connectivity index (χ3n) is 5.95. The van der Waals surface area contributed by atoms with Gasteiger partial charge in [0.2, 0.25) is 0 Å². The Hall–Kier alpha value is -3.14. The number of aromatic nitrogens is 1. The Bertz CT molecular complexity index is 977. The SMILES string of the molecule is CCN(C(=O)c1ccc(C)cc1)c1cccc(N2CCC(c3ccccc3)CC2)n1. The first-order valence-electron chi connectivity index (χ1n) is 10.8. The maximum atomic E-state index is 13.0. The van der Waals surface area contributed by atoms with Crippen LogP contribution in [0.2, 0.25) is 0 Å². The van der Waals surface area contributed by atoms with Gasteiger partial charge in [-0.05, 0) is 62.4 Å². The standard InChI is InChI=1S/C26H29N3O/c1-3-29(26(30)23-14-12-20(2)13-15-23)25-11-7-10-24(27-25)28-18-16-22(17-19-28)21-8-5-4-6-9-21/h4-15,22H,3,16-19H2,1-2H3. The molecule has 1 aromatic heterocycles. The molecule has 4 heteroatoms. The molecular weight excluding hydrogens is 370 g/mol. The Morgan fingerprint density at radius 1 is 0.967 bits per heavy atom. The highest BCUT2D eigenvalue weighted by Crippen LogP contribution is 2.30. The molecule has 3 aromatic rings. The fourth-order valence-electron chi connectivity index (χ4n) is 4.17. The number of rotatable bonds is 5. The fourth-order valence-corrected chi connectivity index (χ4v) is 4.17. The summed E-state index contributed by atoms with van der Waals surface area (Å²) < 4.78 is 0. The van der Waals surface area contributed by atoms with Gasteiger partial charge < -0.3 is 4.90 Å². The van der Waals surface area contributed by atoms with Crippen LogP contribution < -0.4 is 9.80 Å². The lowest BCUT2D eigenvalue weighted by molar-refractivity contribution is 0.0987. The van der Waals surface area contributed by atoms with Crippen LogP contribution in [0.4, 0.5) is 11.6 Å². The fraction of sp³-hybridized carbons (Fsp3) is 0.308. The van der Waals surface area contributed by atoms with Crippen molar-refractivity contribution in [3.05, 3.63) is 89.5 Å². The minimum Gasteiger partial charge on any atom is -0.357 e. The smallest absolute Gasteiger partial charge is 0.259 e. The van der Waals surface area contributed by atoms with Crippen molar-refractivity contribution in [2.75, 3.05) is 29.4 Å². The number of amides is 1. The third-order valence-corrected chi connectivity index (χ3v) is 5.95. The highest BCUT2D eigenvalue weighted by Gasteiger charge is 2.23. The van der Waals surface area contributed by atoms with Crippen LogP contribution in [0.25, 0.3) is 0 Å². The molecule has 1 saturated heterocycles. The second-order valence-electron chi connectivity index (χ2n) is 7.94. The zero-order chi connectivity index (χ0) is 20.9. The van der Waals surface area contributed by atoms with Crippen molar-refractivity contribution in [3.63, 3.8) is 0 Å². The zero-order valence-electron chi connectivity index (χ0n) is 17.8. The maximum absolute atomic E-state index is 13.0. The van der Waals surface area contributed by atoms with Crippen molar-refractivity contribution in [2.24, 2.45) is 0 Å². The summed E-state index contributed by atoms with van der Waals surface area (Å²) in [6.45, 7) is 6.56. The molecule has 1 aliphatic rings. The first-order valence-corrected chi connectivity index (χ1v) is 10.8. The number of pyridine rings is 1. The van der Waals surface area contributed by atoms with Gasteiger partial charge in [0.1, 0.15) is 11.6 Å². The first kappa shape index (κ1) is 20.1. The van der Waals surface area contributed by atoms with Crippen LogP contribution in [0.3, 0.4) is 0 Å². The van der Waals surface area contributed by atoms with Gasteiger partial charge in [0.05, 0.1) is 0 Å². The van der Waals surface area contributed by atoms with E-state index >= 15 is 0 Å². The number of hydrogen-bond donors (Lipinski definition) is 0. The van der Waals surface area contributed by atoms with Gasteiger partial charge in [0.15, 0.2) is 0 Å². The van der Waals surface area contributed by atoms with Crippen molar-refractivity contribution in [1.29, 1.82) is 0 Å². The van der Waals surface area contributed by atoms with Crippen LogP contribution in [0.15, 0.2) is 72.8 Å². The van der Waals surface area contributed by atoms with Gasteiger partial charge in [0, 0.05) is 25.2 Å². The topological polar surface area (TPSA) is 36.4 Å². The van der Waals surface area contributed by atoms with E-state index in [9.17, 15) is 4.79 Å². The highest BCUT2D eigenvalue weighted by atomic mass is 16.2. The number of carbonyl (C=O) groups excluding carboxylic acids is 1. The van der Waals surface area contributed by atoms with Crippen molar-refractivity contribution >= 4 is 17.5 Å². The largest absolute Gasteiger partial charge is 0.357 e. The van der Waals surface area contributed by atoms with E-state index in [1.54, 1.807) is 4.90 Å². The average molecular weight is 400 g/mol. The number of nitrogens with zero attached hydrogens (tertiary/aromatic N) is 3. The van der Waals surface area contributed by atoms with E-state index in [1.807, 2.05) is 50.2 Å². The molecule has 2 heterocycles. The summed E-state index contributed by atoms with van der Waals surface area (Å²) >= 11 is 0. The molecular formula is C26H29N3O. The molecule has 1 amide bonds. The molecule has 4 rings (SSSR count). The predicted octanol–water partition coefficient (Wildman–Crippen LogP) is 5.44. The van der Waals surface area contributed by atoms with Crippen molar-refractivity contribution < 1.29 is 4.79 Å². The molecule has 1 aliphatic heterocycles. The molecule has 154 valence electrons. The monoisotopic (exact) mass is 399 g/mol. The van der Waals surface area contributed by atoms with Crippen molar-refractivity contribution in [1.82, 2.24) is 4.98 Å². The number of aryl methyl sites for hydroxylation is 1. The minimum atomic E-state index is -0.00932. The Morgan fingerprint density at radius 2 is 1.67 bits per heavy atom. The summed E-state index contributed by atoms with van der Waals surface area (Å²) in [6, 6.07) is 24.5. The van der Waals surface area contributed by atoms with Gasteiger partial charge in [-0.25, -0.2) is 4.98 Å². The second-order valence-corrected chi connectivity index (χ2v) is 7.94. The lowest BCUT2D eigenvalue weighted by Crippen LogP contribution is -2.35. The van der Waals surface area contributed by atoms with Gasteiger partial charge in [0.25, 0.3) is 5.91 Å². The number of anilines is 2. The lowest BCUT2D eigenvalue weighted by Gasteiger charge is -2.33. The predicted molar refractivity (Wildman–Crippen MR) is 123 cm³/mol. The molecule has 4 nitrogen and oxygen atoms in total. The number of carbonyl (C=O) groups is 1. The van der Waals surface area contributed by atoms with Crippen LogP contribution in [0.1, 0.15) is 47.2 Å². The van der Waals surface area contributed by atoms with Crippen LogP contribution in [-0.4, -0.2) is 30.5 Å². The molecule has 0 atom stereocenters. The van der Waals surface area contributed by atoms with E-state index in [0.717, 1.165) is 37.3 Å². The van der Waals surface area contributed by atoms with Crippen LogP contribution in [0.5, 0.6) is 0 Å². The van der Waals surface area contributed by atoms with E-state index in [4.69, 9.17) is 4.98 Å². The van der Waals surface area contributed by atoms with Crippen LogP contribution >= 0.6 is 0 Å². The summed E-state index contributed by atoms with van der Waals surface area (Å²) in [6.07, 6.45) is 2.24. The zero-order valence-corrected chi connectivity index (χ0v) is 17.8. The van der Waals surface area contributed by atoms with Crippen molar-refractivity contribution in [2.45, 2.75) is 32.6 Å². The van der Waals surface area contributed by atoms with Gasteiger partial charge >= 0.3 is 0 Å². The summed E-state index contributed by atoms with van der Waals surface area (Å²) in [4.78, 5) is 22.0. The van der Waals surface area contributed by atoms with E-state index in [2.05, 4.69) is 41.3 Å². The summed E-state index contributed by atoms with van der Waals surface area (Å²) in [7, 11) is 0. The maximum Gasteiger partial charge on any atom is 0.259 e. The van der Waals surface area contributed by atoms with Gasteiger partial charge in [-0.15, -0.1) is 0 Å². The average Bonchev–Trinajstić information content (AvgIpc) is 2.81. The molecule has 2 aromatic carbocycles. The van der Waals surface area contributed by atoms with E-state index in [1.165, 1.54) is 5.56 Å². The first-order chi connectivity index (χ1) is 14.7. The Balaban J connectivity index is 1.48. The summed E-state index contributed by atoms with van der Waals surface area (Å²) in [5, 5.41) is 0. The number of piperidine rings is 1. The minimum absolute atomic E-state index is 0.00932. The second kappa shape index (κ2) is 9.12. The van der Waals surface area contributed by atoms with Crippen LogP contribution in [-0.2, 0) is 0 Å². The van der Waals surface area contributed by atoms with Gasteiger partial charge in [-0.3, -0.25) is 9.69 Å². The molecule has 30 heavy (non-hydrogen) atoms.